The van der Waals surface area contributed by atoms with Gasteiger partial charge in [0.25, 0.3) is 11.4 Å². The van der Waals surface area contributed by atoms with Crippen LogP contribution in [0.25, 0.3) is 28.2 Å². The number of aryl methyl sites for hydroxylation is 2. The van der Waals surface area contributed by atoms with Crippen LogP contribution in [0.15, 0.2) is 39.5 Å². The summed E-state index contributed by atoms with van der Waals surface area (Å²) < 4.78 is 7.44. The second kappa shape index (κ2) is 7.68. The SMILES string of the molecule is CCC1CCCN(c2nnc(-c3c(C)nc4c(-c5ccccc5)c(C)[nH]n4c3=O)o2)C1. The lowest BCUT2D eigenvalue weighted by Gasteiger charge is -2.30. The lowest BCUT2D eigenvalue weighted by molar-refractivity contribution is 0.385. The van der Waals surface area contributed by atoms with Gasteiger partial charge in [0.05, 0.1) is 5.69 Å². The predicted octanol–water partition coefficient (Wildman–Crippen LogP) is 3.98. The highest BCUT2D eigenvalue weighted by molar-refractivity contribution is 5.80. The van der Waals surface area contributed by atoms with Gasteiger partial charge in [-0.05, 0) is 38.2 Å². The van der Waals surface area contributed by atoms with Crippen LogP contribution in [0, 0.1) is 19.8 Å². The molecule has 1 N–H and O–H groups in total. The summed E-state index contributed by atoms with van der Waals surface area (Å²) in [4.78, 5) is 20.3. The maximum Gasteiger partial charge on any atom is 0.318 e. The number of aromatic nitrogens is 5. The van der Waals surface area contributed by atoms with Gasteiger partial charge in [-0.1, -0.05) is 48.8 Å². The summed E-state index contributed by atoms with van der Waals surface area (Å²) in [5, 5.41) is 11.6. The molecule has 1 aliphatic rings. The van der Waals surface area contributed by atoms with E-state index < -0.39 is 0 Å². The third kappa shape index (κ3) is 3.32. The Morgan fingerprint density at radius 3 is 2.74 bits per heavy atom. The Balaban J connectivity index is 1.58. The molecule has 0 radical (unpaired) electrons. The number of hydrogen-bond donors (Lipinski definition) is 1. The average molecular weight is 419 g/mol. The molecule has 1 aliphatic heterocycles. The van der Waals surface area contributed by atoms with Crippen LogP contribution >= 0.6 is 0 Å². The molecule has 1 saturated heterocycles. The minimum atomic E-state index is -0.243. The van der Waals surface area contributed by atoms with Gasteiger partial charge in [-0.3, -0.25) is 9.89 Å². The van der Waals surface area contributed by atoms with Crippen molar-refractivity contribution in [2.24, 2.45) is 5.92 Å². The number of rotatable bonds is 4. The summed E-state index contributed by atoms with van der Waals surface area (Å²) in [6.45, 7) is 7.76. The molecular weight excluding hydrogens is 392 g/mol. The number of H-pyrrole nitrogens is 1. The highest BCUT2D eigenvalue weighted by Crippen LogP contribution is 2.29. The average Bonchev–Trinajstić information content (AvgIpc) is 3.39. The van der Waals surface area contributed by atoms with Crippen molar-refractivity contribution in [2.45, 2.75) is 40.0 Å². The van der Waals surface area contributed by atoms with E-state index in [-0.39, 0.29) is 11.4 Å². The van der Waals surface area contributed by atoms with Gasteiger partial charge in [0.2, 0.25) is 0 Å². The molecule has 160 valence electrons. The van der Waals surface area contributed by atoms with E-state index in [9.17, 15) is 4.79 Å². The summed E-state index contributed by atoms with van der Waals surface area (Å²) in [7, 11) is 0. The van der Waals surface area contributed by atoms with Crippen molar-refractivity contribution in [2.75, 3.05) is 18.0 Å². The lowest BCUT2D eigenvalue weighted by Crippen LogP contribution is -2.35. The maximum absolute atomic E-state index is 13.4. The van der Waals surface area contributed by atoms with Gasteiger partial charge in [0, 0.05) is 24.3 Å². The lowest BCUT2D eigenvalue weighted by atomic mass is 9.96. The van der Waals surface area contributed by atoms with Gasteiger partial charge >= 0.3 is 6.01 Å². The molecule has 8 nitrogen and oxygen atoms in total. The van der Waals surface area contributed by atoms with Crippen molar-refractivity contribution in [3.63, 3.8) is 0 Å². The summed E-state index contributed by atoms with van der Waals surface area (Å²) in [5.74, 6) is 0.847. The quantitative estimate of drug-likeness (QED) is 0.539. The molecule has 0 amide bonds. The van der Waals surface area contributed by atoms with Crippen molar-refractivity contribution < 1.29 is 4.42 Å². The van der Waals surface area contributed by atoms with Crippen molar-refractivity contribution in [3.8, 4) is 22.6 Å². The first kappa shape index (κ1) is 19.5. The molecule has 3 aromatic heterocycles. The zero-order chi connectivity index (χ0) is 21.5. The Hall–Kier alpha value is -3.42. The summed E-state index contributed by atoms with van der Waals surface area (Å²) >= 11 is 0. The molecule has 4 heterocycles. The first-order valence-electron chi connectivity index (χ1n) is 10.8. The molecular formula is C23H26N6O2. The van der Waals surface area contributed by atoms with E-state index in [4.69, 9.17) is 9.40 Å². The molecule has 0 bridgehead atoms. The fraction of sp³-hybridized carbons (Fsp3) is 0.391. The fourth-order valence-electron chi connectivity index (χ4n) is 4.50. The predicted molar refractivity (Wildman–Crippen MR) is 119 cm³/mol. The number of nitrogens with zero attached hydrogens (tertiary/aromatic N) is 5. The first-order valence-corrected chi connectivity index (χ1v) is 10.8. The van der Waals surface area contributed by atoms with E-state index in [2.05, 4.69) is 27.1 Å². The molecule has 0 saturated carbocycles. The van der Waals surface area contributed by atoms with Crippen LogP contribution < -0.4 is 10.5 Å². The number of benzene rings is 1. The summed E-state index contributed by atoms with van der Waals surface area (Å²) in [6.07, 6.45) is 3.47. The second-order valence-electron chi connectivity index (χ2n) is 8.27. The van der Waals surface area contributed by atoms with Crippen LogP contribution in [-0.2, 0) is 0 Å². The molecule has 8 heteroatoms. The molecule has 1 aromatic carbocycles. The van der Waals surface area contributed by atoms with E-state index in [1.807, 2.05) is 44.2 Å². The molecule has 0 spiro atoms. The van der Waals surface area contributed by atoms with Crippen molar-refractivity contribution in [3.05, 3.63) is 52.1 Å². The van der Waals surface area contributed by atoms with Crippen molar-refractivity contribution in [1.29, 1.82) is 0 Å². The fourth-order valence-corrected chi connectivity index (χ4v) is 4.50. The van der Waals surface area contributed by atoms with Gasteiger partial charge in [-0.15, -0.1) is 5.10 Å². The molecule has 31 heavy (non-hydrogen) atoms. The zero-order valence-electron chi connectivity index (χ0n) is 18.1. The number of nitrogens with one attached hydrogen (secondary N) is 1. The molecule has 5 rings (SSSR count). The van der Waals surface area contributed by atoms with Crippen molar-refractivity contribution in [1.82, 2.24) is 24.8 Å². The number of aromatic amines is 1. The van der Waals surface area contributed by atoms with Crippen LogP contribution in [0.3, 0.4) is 0 Å². The van der Waals surface area contributed by atoms with Crippen LogP contribution in [0.4, 0.5) is 6.01 Å². The number of piperidine rings is 1. The Labute approximate surface area is 179 Å². The first-order chi connectivity index (χ1) is 15.1. The van der Waals surface area contributed by atoms with E-state index >= 15 is 0 Å². The van der Waals surface area contributed by atoms with Crippen molar-refractivity contribution >= 4 is 11.7 Å². The second-order valence-corrected chi connectivity index (χ2v) is 8.27. The topological polar surface area (TPSA) is 92.3 Å². The summed E-state index contributed by atoms with van der Waals surface area (Å²) in [6, 6.07) is 10.4. The highest BCUT2D eigenvalue weighted by atomic mass is 16.4. The van der Waals surface area contributed by atoms with E-state index in [1.54, 1.807) is 0 Å². The Kier molecular flexibility index (Phi) is 4.84. The molecule has 1 unspecified atom stereocenters. The van der Waals surface area contributed by atoms with E-state index in [0.717, 1.165) is 42.8 Å². The minimum Gasteiger partial charge on any atom is -0.403 e. The van der Waals surface area contributed by atoms with E-state index in [0.29, 0.717) is 28.8 Å². The van der Waals surface area contributed by atoms with Gasteiger partial charge in [-0.25, -0.2) is 9.50 Å². The Bertz CT molecular complexity index is 1290. The minimum absolute atomic E-state index is 0.214. The van der Waals surface area contributed by atoms with Gasteiger partial charge in [-0.2, -0.15) is 0 Å². The molecule has 0 aliphatic carbocycles. The van der Waals surface area contributed by atoms with Crippen LogP contribution in [0.2, 0.25) is 0 Å². The van der Waals surface area contributed by atoms with Gasteiger partial charge < -0.3 is 9.32 Å². The monoisotopic (exact) mass is 418 g/mol. The van der Waals surface area contributed by atoms with Crippen LogP contribution in [0.1, 0.15) is 37.6 Å². The molecule has 4 aromatic rings. The third-order valence-corrected chi connectivity index (χ3v) is 6.20. The highest BCUT2D eigenvalue weighted by Gasteiger charge is 2.26. The molecule has 1 atom stereocenters. The Morgan fingerprint density at radius 1 is 1.16 bits per heavy atom. The standard InChI is InChI=1S/C23H26N6O2/c1-4-16-9-8-12-28(13-16)23-26-25-21(31-23)19-14(2)24-20-18(17-10-6-5-7-11-17)15(3)27-29(20)22(19)30/h5-7,10-11,16,27H,4,8-9,12-13H2,1-3H3. The van der Waals surface area contributed by atoms with E-state index in [1.165, 1.54) is 10.9 Å². The normalized spacial score (nSPS) is 16.9. The summed E-state index contributed by atoms with van der Waals surface area (Å²) in [5.41, 5.74) is 4.05. The Morgan fingerprint density at radius 2 is 1.97 bits per heavy atom. The van der Waals surface area contributed by atoms with Crippen LogP contribution in [-0.4, -0.2) is 37.9 Å². The number of fused-ring (bicyclic) bond motifs is 1. The maximum atomic E-state index is 13.4. The van der Waals surface area contributed by atoms with Gasteiger partial charge in [0.1, 0.15) is 5.56 Å². The smallest absolute Gasteiger partial charge is 0.318 e. The largest absolute Gasteiger partial charge is 0.403 e. The number of hydrogen-bond acceptors (Lipinski definition) is 6. The third-order valence-electron chi connectivity index (χ3n) is 6.20. The number of anilines is 1. The molecule has 1 fully saturated rings. The van der Waals surface area contributed by atoms with Crippen LogP contribution in [0.5, 0.6) is 0 Å². The zero-order valence-corrected chi connectivity index (χ0v) is 18.1. The van der Waals surface area contributed by atoms with Gasteiger partial charge in [0.15, 0.2) is 5.65 Å².